The maximum atomic E-state index is 11.9. The van der Waals surface area contributed by atoms with Crippen LogP contribution in [0.15, 0.2) is 59.6 Å². The van der Waals surface area contributed by atoms with Crippen LogP contribution in [0.2, 0.25) is 0 Å². The maximum absolute atomic E-state index is 11.9. The summed E-state index contributed by atoms with van der Waals surface area (Å²) in [6, 6.07) is 0. The van der Waals surface area contributed by atoms with Crippen molar-refractivity contribution >= 4 is 11.7 Å². The van der Waals surface area contributed by atoms with Crippen LogP contribution in [0.4, 0.5) is 0 Å². The predicted molar refractivity (Wildman–Crippen MR) is 177 cm³/mol. The van der Waals surface area contributed by atoms with Gasteiger partial charge in [0.2, 0.25) is 5.88 Å². The molecule has 2 heterocycles. The molecule has 0 saturated heterocycles. The van der Waals surface area contributed by atoms with E-state index in [4.69, 9.17) is 20.6 Å². The Balaban J connectivity index is 1.30. The van der Waals surface area contributed by atoms with Crippen LogP contribution in [0.25, 0.3) is 5.70 Å². The first kappa shape index (κ1) is 32.9. The maximum Gasteiger partial charge on any atom is 0.342 e. The lowest BCUT2D eigenvalue weighted by Crippen LogP contribution is -2.39. The number of nitrogens with zero attached hydrogens (tertiary/aromatic N) is 2. The highest BCUT2D eigenvalue weighted by Crippen LogP contribution is 2.43. The van der Waals surface area contributed by atoms with Crippen molar-refractivity contribution < 1.29 is 24.1 Å². The molecule has 3 aliphatic carbocycles. The average Bonchev–Trinajstić information content (AvgIpc) is 3.44. The van der Waals surface area contributed by atoms with Gasteiger partial charge in [0.1, 0.15) is 5.56 Å². The van der Waals surface area contributed by atoms with E-state index in [9.17, 15) is 9.90 Å². The van der Waals surface area contributed by atoms with E-state index in [1.165, 1.54) is 30.2 Å². The first-order valence-electron chi connectivity index (χ1n) is 16.8. The van der Waals surface area contributed by atoms with E-state index in [2.05, 4.69) is 49.2 Å². The number of aromatic nitrogens is 2. The van der Waals surface area contributed by atoms with E-state index in [0.29, 0.717) is 18.4 Å². The number of rotatable bonds is 11. The van der Waals surface area contributed by atoms with Gasteiger partial charge in [-0.1, -0.05) is 43.7 Å². The third-order valence-corrected chi connectivity index (χ3v) is 10.2. The van der Waals surface area contributed by atoms with Crippen LogP contribution in [-0.2, 0) is 9.47 Å². The number of aromatic carboxylic acids is 1. The van der Waals surface area contributed by atoms with Gasteiger partial charge in [-0.2, -0.15) is 5.10 Å². The van der Waals surface area contributed by atoms with Crippen molar-refractivity contribution in [1.82, 2.24) is 9.78 Å². The Bertz CT molecular complexity index is 1420. The van der Waals surface area contributed by atoms with Crippen molar-refractivity contribution in [1.29, 1.82) is 0 Å². The summed E-state index contributed by atoms with van der Waals surface area (Å²) < 4.78 is 19.8. The molecule has 0 radical (unpaired) electrons. The molecule has 1 aliphatic heterocycles. The van der Waals surface area contributed by atoms with Crippen molar-refractivity contribution in [2.45, 2.75) is 91.8 Å². The zero-order valence-corrected chi connectivity index (χ0v) is 27.6. The Morgan fingerprint density at radius 2 is 2.07 bits per heavy atom. The molecule has 1 N–H and O–H groups in total. The number of carbonyl (C=O) groups is 1. The molecule has 1 aromatic rings. The Morgan fingerprint density at radius 1 is 1.24 bits per heavy atom. The monoisotopic (exact) mass is 614 g/mol. The van der Waals surface area contributed by atoms with Gasteiger partial charge in [0, 0.05) is 23.5 Å². The predicted octanol–water partition coefficient (Wildman–Crippen LogP) is 8.08. The zero-order chi connectivity index (χ0) is 32.1. The molecule has 1 aromatic heterocycles. The molecule has 0 bridgehead atoms. The third kappa shape index (κ3) is 7.33. The molecule has 7 atom stereocenters. The molecular weight excluding hydrogens is 564 g/mol. The topological polar surface area (TPSA) is 82.8 Å². The lowest BCUT2D eigenvalue weighted by molar-refractivity contribution is -0.0158. The van der Waals surface area contributed by atoms with Crippen LogP contribution in [0.3, 0.4) is 0 Å². The van der Waals surface area contributed by atoms with E-state index in [1.54, 1.807) is 10.3 Å². The highest BCUT2D eigenvalue weighted by molar-refractivity contribution is 5.90. The molecule has 0 amide bonds. The van der Waals surface area contributed by atoms with Crippen LogP contribution in [0.1, 0.15) is 89.9 Å². The fraction of sp³-hybridized carbons (Fsp3) is 0.579. The van der Waals surface area contributed by atoms with Gasteiger partial charge in [0.15, 0.2) is 0 Å². The SMILES string of the molecule is C#CC(C(C)/C(=C\C)n1ncc(C(=O)O)c1OC(C)C)C1C=CCC(C)C1OCC1=CC2=C(CC1)CC(C1C=COCC1)CC2. The summed E-state index contributed by atoms with van der Waals surface area (Å²) in [7, 11) is 0. The molecule has 0 saturated carbocycles. The van der Waals surface area contributed by atoms with Gasteiger partial charge in [0.05, 0.1) is 37.9 Å². The van der Waals surface area contributed by atoms with Gasteiger partial charge in [0.25, 0.3) is 0 Å². The number of carboxylic acid groups (broad SMARTS) is 1. The average molecular weight is 615 g/mol. The van der Waals surface area contributed by atoms with Crippen molar-refractivity contribution in [3.05, 3.63) is 65.1 Å². The van der Waals surface area contributed by atoms with Crippen molar-refractivity contribution in [3.63, 3.8) is 0 Å². The normalized spacial score (nSPS) is 28.2. The van der Waals surface area contributed by atoms with Crippen molar-refractivity contribution in [3.8, 4) is 18.2 Å². The quantitative estimate of drug-likeness (QED) is 0.200. The van der Waals surface area contributed by atoms with Crippen molar-refractivity contribution in [2.75, 3.05) is 13.2 Å². The summed E-state index contributed by atoms with van der Waals surface area (Å²) in [5.41, 5.74) is 5.41. The summed E-state index contributed by atoms with van der Waals surface area (Å²) in [6.45, 7) is 11.5. The molecular formula is C38H50N2O5. The molecule has 45 heavy (non-hydrogen) atoms. The summed E-state index contributed by atoms with van der Waals surface area (Å²) in [5.74, 6) is 3.65. The summed E-state index contributed by atoms with van der Waals surface area (Å²) in [5, 5.41) is 14.2. The van der Waals surface area contributed by atoms with Gasteiger partial charge in [-0.25, -0.2) is 9.48 Å². The van der Waals surface area contributed by atoms with Crippen LogP contribution in [0, 0.1) is 47.9 Å². The Kier molecular flexibility index (Phi) is 10.8. The highest BCUT2D eigenvalue weighted by atomic mass is 16.5. The molecule has 5 rings (SSSR count). The third-order valence-electron chi connectivity index (χ3n) is 10.2. The number of ether oxygens (including phenoxy) is 3. The van der Waals surface area contributed by atoms with Gasteiger partial charge in [-0.05, 0) is 101 Å². The minimum Gasteiger partial charge on any atom is -0.501 e. The highest BCUT2D eigenvalue weighted by Gasteiger charge is 2.38. The van der Waals surface area contributed by atoms with E-state index in [1.807, 2.05) is 33.1 Å². The molecule has 7 heteroatoms. The summed E-state index contributed by atoms with van der Waals surface area (Å²) in [4.78, 5) is 11.9. The summed E-state index contributed by atoms with van der Waals surface area (Å²) in [6.07, 6.45) is 28.3. The molecule has 7 unspecified atom stereocenters. The van der Waals surface area contributed by atoms with Crippen LogP contribution < -0.4 is 4.74 Å². The largest absolute Gasteiger partial charge is 0.501 e. The van der Waals surface area contributed by atoms with Gasteiger partial charge >= 0.3 is 5.97 Å². The van der Waals surface area contributed by atoms with Crippen LogP contribution in [-0.4, -0.2) is 46.3 Å². The number of carboxylic acids is 1. The van der Waals surface area contributed by atoms with Crippen molar-refractivity contribution in [2.24, 2.45) is 35.5 Å². The van der Waals surface area contributed by atoms with E-state index in [0.717, 1.165) is 50.3 Å². The first-order valence-corrected chi connectivity index (χ1v) is 16.8. The first-order chi connectivity index (χ1) is 21.7. The molecule has 0 aromatic carbocycles. The summed E-state index contributed by atoms with van der Waals surface area (Å²) >= 11 is 0. The minimum atomic E-state index is -1.07. The fourth-order valence-corrected chi connectivity index (χ4v) is 7.76. The number of allylic oxidation sites excluding steroid dienone is 7. The molecule has 0 spiro atoms. The van der Waals surface area contributed by atoms with E-state index < -0.39 is 5.97 Å². The Labute approximate surface area is 269 Å². The number of hydrogen-bond acceptors (Lipinski definition) is 5. The second-order valence-corrected chi connectivity index (χ2v) is 13.5. The minimum absolute atomic E-state index is 0.00890. The van der Waals surface area contributed by atoms with Gasteiger partial charge in [-0.3, -0.25) is 0 Å². The van der Waals surface area contributed by atoms with Crippen LogP contribution >= 0.6 is 0 Å². The second kappa shape index (κ2) is 14.7. The molecule has 7 nitrogen and oxygen atoms in total. The number of terminal acetylenes is 1. The fourth-order valence-electron chi connectivity index (χ4n) is 7.76. The number of hydrogen-bond donors (Lipinski definition) is 1. The zero-order valence-electron chi connectivity index (χ0n) is 27.6. The lowest BCUT2D eigenvalue weighted by atomic mass is 9.72. The Hall–Kier alpha value is -3.50. The van der Waals surface area contributed by atoms with Crippen LogP contribution in [0.5, 0.6) is 5.88 Å². The molecule has 0 fully saturated rings. The van der Waals surface area contributed by atoms with Gasteiger partial charge < -0.3 is 19.3 Å². The molecule has 4 aliphatic rings. The lowest BCUT2D eigenvalue weighted by Gasteiger charge is -2.39. The Morgan fingerprint density at radius 3 is 2.76 bits per heavy atom. The van der Waals surface area contributed by atoms with E-state index in [-0.39, 0.29) is 41.4 Å². The standard InChI is InChI=1S/C38H50N2O5/c1-7-32(26(6)35(8-2)40-37(45-24(3)4)34(22-39-40)38(41)42)33-11-9-10-25(5)36(33)44-23-27-12-13-31-21-30(15-14-29(31)20-27)28-16-18-43-19-17-28/h1,8-9,11,16,18,20,22,24-26,28,30,32-33,36H,10,12-15,17,19,21,23H2,2-6H3,(H,41,42)/b35-8+. The second-order valence-electron chi connectivity index (χ2n) is 13.5. The van der Waals surface area contributed by atoms with Gasteiger partial charge in [-0.15, -0.1) is 12.3 Å². The molecule has 242 valence electrons. The smallest absolute Gasteiger partial charge is 0.342 e. The van der Waals surface area contributed by atoms with E-state index >= 15 is 0 Å².